The Hall–Kier alpha value is -2.50. The highest BCUT2D eigenvalue weighted by Gasteiger charge is 2.37. The maximum Gasteiger partial charge on any atom is 0.307 e. The summed E-state index contributed by atoms with van der Waals surface area (Å²) in [5.41, 5.74) is 1.03. The summed E-state index contributed by atoms with van der Waals surface area (Å²) in [6.45, 7) is 2.63. The van der Waals surface area contributed by atoms with Crippen molar-refractivity contribution in [2.24, 2.45) is 11.8 Å². The number of rotatable bonds is 4. The maximum atomic E-state index is 12.8. The van der Waals surface area contributed by atoms with Crippen LogP contribution in [0.1, 0.15) is 12.8 Å². The molecule has 1 aromatic carbocycles. The number of aliphatic carboxylic acids is 1. The van der Waals surface area contributed by atoms with Crippen LogP contribution in [0, 0.1) is 11.8 Å². The minimum atomic E-state index is -0.879. The number of para-hydroxylation sites is 2. The largest absolute Gasteiger partial charge is 0.495 e. The first kappa shape index (κ1) is 17.3. The van der Waals surface area contributed by atoms with Crippen LogP contribution in [-0.4, -0.2) is 55.2 Å². The number of hydrogen-bond acceptors (Lipinski definition) is 4. The number of benzene rings is 1. The van der Waals surface area contributed by atoms with E-state index in [1.807, 2.05) is 41.3 Å². The van der Waals surface area contributed by atoms with Crippen LogP contribution in [0.15, 0.2) is 36.4 Å². The molecule has 2 atom stereocenters. The molecule has 0 aromatic heterocycles. The molecule has 25 heavy (non-hydrogen) atoms. The van der Waals surface area contributed by atoms with Crippen LogP contribution in [0.3, 0.4) is 0 Å². The van der Waals surface area contributed by atoms with E-state index in [9.17, 15) is 14.7 Å². The number of nitrogens with zero attached hydrogens (tertiary/aromatic N) is 2. The lowest BCUT2D eigenvalue weighted by atomic mass is 9.82. The Morgan fingerprint density at radius 3 is 2.32 bits per heavy atom. The van der Waals surface area contributed by atoms with Crippen molar-refractivity contribution >= 4 is 17.6 Å². The number of amides is 1. The van der Waals surface area contributed by atoms with Gasteiger partial charge in [-0.15, -0.1) is 0 Å². The molecule has 1 aliphatic carbocycles. The Balaban J connectivity index is 1.64. The Labute approximate surface area is 147 Å². The zero-order valence-corrected chi connectivity index (χ0v) is 14.4. The summed E-state index contributed by atoms with van der Waals surface area (Å²) >= 11 is 0. The monoisotopic (exact) mass is 344 g/mol. The molecule has 0 bridgehead atoms. The fourth-order valence-electron chi connectivity index (χ4n) is 3.65. The summed E-state index contributed by atoms with van der Waals surface area (Å²) in [6, 6.07) is 7.85. The number of methoxy groups -OCH3 is 1. The van der Waals surface area contributed by atoms with Crippen molar-refractivity contribution < 1.29 is 19.4 Å². The minimum absolute atomic E-state index is 0.0311. The quantitative estimate of drug-likeness (QED) is 0.846. The number of hydrogen-bond donors (Lipinski definition) is 1. The van der Waals surface area contributed by atoms with Crippen molar-refractivity contribution in [3.63, 3.8) is 0 Å². The van der Waals surface area contributed by atoms with Gasteiger partial charge in [0.2, 0.25) is 5.91 Å². The predicted octanol–water partition coefficient (Wildman–Crippen LogP) is 2.01. The predicted molar refractivity (Wildman–Crippen MR) is 94.8 cm³/mol. The normalized spacial score (nSPS) is 23.4. The molecule has 0 unspecified atom stereocenters. The van der Waals surface area contributed by atoms with E-state index >= 15 is 0 Å². The molecule has 0 spiro atoms. The molecular formula is C19H24N2O4. The first-order chi connectivity index (χ1) is 12.1. The van der Waals surface area contributed by atoms with Crippen LogP contribution in [0.4, 0.5) is 5.69 Å². The summed E-state index contributed by atoms with van der Waals surface area (Å²) in [4.78, 5) is 28.3. The van der Waals surface area contributed by atoms with Crippen LogP contribution in [-0.2, 0) is 9.59 Å². The number of allylic oxidation sites excluding steroid dienone is 2. The van der Waals surface area contributed by atoms with E-state index in [-0.39, 0.29) is 5.91 Å². The second-order valence-corrected chi connectivity index (χ2v) is 6.48. The Morgan fingerprint density at radius 1 is 1.04 bits per heavy atom. The molecule has 1 aliphatic heterocycles. The van der Waals surface area contributed by atoms with E-state index in [4.69, 9.17) is 4.74 Å². The third kappa shape index (κ3) is 3.62. The molecule has 134 valence electrons. The van der Waals surface area contributed by atoms with Crippen LogP contribution in [0.5, 0.6) is 5.75 Å². The van der Waals surface area contributed by atoms with Gasteiger partial charge in [0.25, 0.3) is 0 Å². The highest BCUT2D eigenvalue weighted by atomic mass is 16.5. The van der Waals surface area contributed by atoms with Gasteiger partial charge in [-0.2, -0.15) is 0 Å². The van der Waals surface area contributed by atoms with E-state index < -0.39 is 17.8 Å². The fraction of sp³-hybridized carbons (Fsp3) is 0.474. The topological polar surface area (TPSA) is 70.1 Å². The fourth-order valence-corrected chi connectivity index (χ4v) is 3.65. The molecule has 0 saturated carbocycles. The summed E-state index contributed by atoms with van der Waals surface area (Å²) in [7, 11) is 1.65. The van der Waals surface area contributed by atoms with Gasteiger partial charge in [-0.25, -0.2) is 0 Å². The second-order valence-electron chi connectivity index (χ2n) is 6.48. The molecule has 3 rings (SSSR count). The number of anilines is 1. The molecule has 6 nitrogen and oxygen atoms in total. The second kappa shape index (κ2) is 7.59. The molecule has 1 saturated heterocycles. The van der Waals surface area contributed by atoms with E-state index in [1.54, 1.807) is 7.11 Å². The molecule has 0 radical (unpaired) electrons. The third-order valence-corrected chi connectivity index (χ3v) is 5.08. The smallest absolute Gasteiger partial charge is 0.307 e. The summed E-state index contributed by atoms with van der Waals surface area (Å²) in [5, 5.41) is 9.38. The van der Waals surface area contributed by atoms with Gasteiger partial charge in [0.05, 0.1) is 24.6 Å². The van der Waals surface area contributed by atoms with E-state index in [0.717, 1.165) is 11.4 Å². The van der Waals surface area contributed by atoms with Crippen molar-refractivity contribution in [2.75, 3.05) is 38.2 Å². The molecule has 2 aliphatic rings. The van der Waals surface area contributed by atoms with Crippen molar-refractivity contribution in [3.8, 4) is 5.75 Å². The van der Waals surface area contributed by atoms with E-state index in [0.29, 0.717) is 39.0 Å². The summed E-state index contributed by atoms with van der Waals surface area (Å²) in [5.74, 6) is -1.14. The number of ether oxygens (including phenoxy) is 1. The first-order valence-electron chi connectivity index (χ1n) is 8.66. The van der Waals surface area contributed by atoms with Crippen molar-refractivity contribution in [1.29, 1.82) is 0 Å². The van der Waals surface area contributed by atoms with Gasteiger partial charge >= 0.3 is 5.97 Å². The Kier molecular flexibility index (Phi) is 5.26. The summed E-state index contributed by atoms with van der Waals surface area (Å²) < 4.78 is 5.41. The van der Waals surface area contributed by atoms with Crippen LogP contribution < -0.4 is 9.64 Å². The number of carbonyl (C=O) groups is 2. The number of carboxylic acid groups (broad SMARTS) is 1. The third-order valence-electron chi connectivity index (χ3n) is 5.08. The lowest BCUT2D eigenvalue weighted by Crippen LogP contribution is -2.52. The van der Waals surface area contributed by atoms with Gasteiger partial charge in [-0.3, -0.25) is 9.59 Å². The zero-order chi connectivity index (χ0) is 17.8. The highest BCUT2D eigenvalue weighted by molar-refractivity contribution is 5.85. The number of piperazine rings is 1. The SMILES string of the molecule is COc1ccccc1N1CCN(C(=O)[C@@H]2CC=CC[C@H]2C(=O)O)CC1. The molecule has 1 N–H and O–H groups in total. The van der Waals surface area contributed by atoms with Crippen molar-refractivity contribution in [1.82, 2.24) is 4.90 Å². The molecule has 1 fully saturated rings. The zero-order valence-electron chi connectivity index (χ0n) is 14.4. The first-order valence-corrected chi connectivity index (χ1v) is 8.66. The van der Waals surface area contributed by atoms with Gasteiger partial charge < -0.3 is 19.6 Å². The maximum absolute atomic E-state index is 12.8. The van der Waals surface area contributed by atoms with Crippen LogP contribution in [0.2, 0.25) is 0 Å². The summed E-state index contributed by atoms with van der Waals surface area (Å²) in [6.07, 6.45) is 4.74. The average molecular weight is 344 g/mol. The van der Waals surface area contributed by atoms with Gasteiger partial charge in [-0.05, 0) is 25.0 Å². The molecule has 1 heterocycles. The van der Waals surface area contributed by atoms with Crippen LogP contribution in [0.25, 0.3) is 0 Å². The Bertz CT molecular complexity index is 665. The number of carbonyl (C=O) groups excluding carboxylic acids is 1. The highest BCUT2D eigenvalue weighted by Crippen LogP contribution is 2.30. The minimum Gasteiger partial charge on any atom is -0.495 e. The molecule has 1 amide bonds. The van der Waals surface area contributed by atoms with Crippen LogP contribution >= 0.6 is 0 Å². The van der Waals surface area contributed by atoms with Gasteiger partial charge in [0.1, 0.15) is 5.75 Å². The van der Waals surface area contributed by atoms with Gasteiger partial charge in [0, 0.05) is 26.2 Å². The van der Waals surface area contributed by atoms with Crippen molar-refractivity contribution in [3.05, 3.63) is 36.4 Å². The lowest BCUT2D eigenvalue weighted by Gasteiger charge is -2.39. The Morgan fingerprint density at radius 2 is 1.68 bits per heavy atom. The van der Waals surface area contributed by atoms with Crippen molar-refractivity contribution in [2.45, 2.75) is 12.8 Å². The lowest BCUT2D eigenvalue weighted by molar-refractivity contribution is -0.150. The standard InChI is InChI=1S/C19H24N2O4/c1-25-17-9-5-4-8-16(17)20-10-12-21(13-11-20)18(22)14-6-2-3-7-15(14)19(23)24/h2-5,8-9,14-15H,6-7,10-13H2,1H3,(H,23,24)/t14-,15-/m1/s1. The van der Waals surface area contributed by atoms with Gasteiger partial charge in [0.15, 0.2) is 0 Å². The molecule has 6 heteroatoms. The van der Waals surface area contributed by atoms with E-state index in [2.05, 4.69) is 4.90 Å². The molecular weight excluding hydrogens is 320 g/mol. The molecule has 1 aromatic rings. The van der Waals surface area contributed by atoms with E-state index in [1.165, 1.54) is 0 Å². The average Bonchev–Trinajstić information content (AvgIpc) is 2.67. The number of carboxylic acids is 1. The van der Waals surface area contributed by atoms with Gasteiger partial charge in [-0.1, -0.05) is 24.3 Å².